The van der Waals surface area contributed by atoms with Crippen molar-refractivity contribution >= 4 is 19.4 Å². The third kappa shape index (κ3) is 6.10. The molecule has 0 fully saturated rings. The van der Waals surface area contributed by atoms with Gasteiger partial charge < -0.3 is 6.16 Å². The number of benzene rings is 2. The van der Waals surface area contributed by atoms with Gasteiger partial charge in [-0.1, -0.05) is 44.2 Å². The molecular weight excluding hydrogens is 310 g/mol. The van der Waals surface area contributed by atoms with Crippen LogP contribution in [0, 0.1) is 19.8 Å². The van der Waals surface area contributed by atoms with Crippen LogP contribution in [0.15, 0.2) is 42.5 Å². The number of ether oxygens (including phenoxy) is 1. The molecular formula is C20H26LiO2P. The number of aryl methyl sites for hydroxylation is 2. The van der Waals surface area contributed by atoms with E-state index in [1.165, 1.54) is 0 Å². The largest absolute Gasteiger partial charge is 1.00 e. The van der Waals surface area contributed by atoms with Crippen LogP contribution in [-0.2, 0) is 0 Å². The van der Waals surface area contributed by atoms with Crippen LogP contribution in [0.3, 0.4) is 0 Å². The maximum atomic E-state index is 12.6. The van der Waals surface area contributed by atoms with Gasteiger partial charge in [-0.2, -0.15) is 0 Å². The van der Waals surface area contributed by atoms with Crippen LogP contribution in [0.4, 0.5) is 0 Å². The summed E-state index contributed by atoms with van der Waals surface area (Å²) in [6, 6.07) is 13.9. The molecule has 0 aliphatic carbocycles. The summed E-state index contributed by atoms with van der Waals surface area (Å²) in [5.74, 6) is 1.52. The Bertz CT molecular complexity index is 652. The van der Waals surface area contributed by atoms with Crippen molar-refractivity contribution < 1.29 is 29.8 Å². The van der Waals surface area contributed by atoms with E-state index in [9.17, 15) is 4.79 Å². The van der Waals surface area contributed by atoms with Crippen LogP contribution in [0.25, 0.3) is 0 Å². The second kappa shape index (κ2) is 10.0. The molecule has 0 heterocycles. The molecule has 0 aliphatic rings. The first-order chi connectivity index (χ1) is 11.0. The summed E-state index contributed by atoms with van der Waals surface area (Å²) in [6.07, 6.45) is 1.05. The molecule has 2 aromatic rings. The van der Waals surface area contributed by atoms with Crippen LogP contribution in [-0.4, -0.2) is 12.1 Å². The first-order valence-corrected chi connectivity index (χ1v) is 9.08. The molecule has 1 atom stereocenters. The van der Waals surface area contributed by atoms with Gasteiger partial charge in [0, 0.05) is 5.56 Å². The van der Waals surface area contributed by atoms with E-state index in [1.54, 1.807) is 0 Å². The molecule has 0 bridgehead atoms. The van der Waals surface area contributed by atoms with Gasteiger partial charge in [0.05, 0.1) is 6.61 Å². The van der Waals surface area contributed by atoms with Gasteiger partial charge in [-0.25, -0.2) is 0 Å². The Morgan fingerprint density at radius 2 is 1.67 bits per heavy atom. The standard InChI is InChI=1S/C20H25O2P.Li.H/c1-14(2)12-13-22-17-8-10-18(11-9-17)23-20(21)19-15(3)6-5-7-16(19)4;;/h5-11,14,23H,12-13H2,1-4H3;;/q;+1;-1. The van der Waals surface area contributed by atoms with Crippen LogP contribution in [0.1, 0.15) is 43.2 Å². The van der Waals surface area contributed by atoms with Crippen molar-refractivity contribution in [3.8, 4) is 5.75 Å². The van der Waals surface area contributed by atoms with Crippen LogP contribution < -0.4 is 28.9 Å². The van der Waals surface area contributed by atoms with Gasteiger partial charge in [-0.05, 0) is 63.3 Å². The zero-order valence-electron chi connectivity index (χ0n) is 16.3. The van der Waals surface area contributed by atoms with E-state index in [-0.39, 0.29) is 34.4 Å². The fraction of sp³-hybridized carbons (Fsp3) is 0.350. The molecule has 1 unspecified atom stereocenters. The Kier molecular flexibility index (Phi) is 8.78. The van der Waals surface area contributed by atoms with E-state index in [1.807, 2.05) is 56.3 Å². The number of hydrogen-bond donors (Lipinski definition) is 0. The number of carbonyl (C=O) groups excluding carboxylic acids is 1. The minimum atomic E-state index is 0. The molecule has 0 N–H and O–H groups in total. The van der Waals surface area contributed by atoms with Crippen LogP contribution >= 0.6 is 8.58 Å². The van der Waals surface area contributed by atoms with Gasteiger partial charge in [-0.3, -0.25) is 4.79 Å². The predicted molar refractivity (Wildman–Crippen MR) is 101 cm³/mol. The summed E-state index contributed by atoms with van der Waals surface area (Å²) in [4.78, 5) is 12.6. The first kappa shape index (κ1) is 21.0. The smallest absolute Gasteiger partial charge is 1.00 e. The van der Waals surface area contributed by atoms with Gasteiger partial charge >= 0.3 is 18.9 Å². The second-order valence-electron chi connectivity index (χ2n) is 6.28. The maximum Gasteiger partial charge on any atom is 1.00 e. The van der Waals surface area contributed by atoms with Crippen molar-refractivity contribution in [2.45, 2.75) is 34.1 Å². The summed E-state index contributed by atoms with van der Waals surface area (Å²) >= 11 is 0. The first-order valence-electron chi connectivity index (χ1n) is 8.08. The van der Waals surface area contributed by atoms with Crippen molar-refractivity contribution in [1.82, 2.24) is 0 Å². The Hall–Kier alpha value is -1.06. The van der Waals surface area contributed by atoms with Crippen molar-refractivity contribution in [2.75, 3.05) is 6.61 Å². The van der Waals surface area contributed by atoms with Crippen molar-refractivity contribution in [1.29, 1.82) is 0 Å². The molecule has 0 aromatic heterocycles. The Morgan fingerprint density at radius 1 is 1.08 bits per heavy atom. The molecule has 0 radical (unpaired) electrons. The predicted octanol–water partition coefficient (Wildman–Crippen LogP) is 1.99. The molecule has 2 nitrogen and oxygen atoms in total. The molecule has 24 heavy (non-hydrogen) atoms. The second-order valence-corrected chi connectivity index (χ2v) is 7.56. The summed E-state index contributed by atoms with van der Waals surface area (Å²) in [7, 11) is 0.149. The van der Waals surface area contributed by atoms with E-state index >= 15 is 0 Å². The van der Waals surface area contributed by atoms with E-state index in [0.29, 0.717) is 5.92 Å². The molecule has 2 rings (SSSR count). The van der Waals surface area contributed by atoms with Gasteiger partial charge in [0.2, 0.25) is 0 Å². The fourth-order valence-electron chi connectivity index (χ4n) is 2.41. The quantitative estimate of drug-likeness (QED) is 0.571. The monoisotopic (exact) mass is 336 g/mol. The van der Waals surface area contributed by atoms with E-state index in [4.69, 9.17) is 4.74 Å². The zero-order chi connectivity index (χ0) is 16.8. The van der Waals surface area contributed by atoms with E-state index < -0.39 is 0 Å². The number of rotatable bonds is 7. The van der Waals surface area contributed by atoms with Crippen molar-refractivity contribution in [3.63, 3.8) is 0 Å². The van der Waals surface area contributed by atoms with Crippen molar-refractivity contribution in [3.05, 3.63) is 59.2 Å². The van der Waals surface area contributed by atoms with Gasteiger partial charge in [0.1, 0.15) is 5.75 Å². The van der Waals surface area contributed by atoms with Crippen LogP contribution in [0.2, 0.25) is 0 Å². The molecule has 124 valence electrons. The molecule has 2 aromatic carbocycles. The molecule has 0 aliphatic heterocycles. The summed E-state index contributed by atoms with van der Waals surface area (Å²) in [5, 5.41) is 1.05. The summed E-state index contributed by atoms with van der Waals surface area (Å²) in [5.41, 5.74) is 3.17. The number of hydrogen-bond acceptors (Lipinski definition) is 2. The van der Waals surface area contributed by atoms with Gasteiger partial charge in [-0.15, -0.1) is 0 Å². The average Bonchev–Trinajstić information content (AvgIpc) is 2.48. The normalized spacial score (nSPS) is 10.9. The minimum absolute atomic E-state index is 0. The van der Waals surface area contributed by atoms with Crippen LogP contribution in [0.5, 0.6) is 5.75 Å². The SMILES string of the molecule is Cc1cccc(C)c1C(=O)Pc1ccc(OCCC(C)C)cc1.[H-].[Li+]. The topological polar surface area (TPSA) is 26.3 Å². The molecule has 0 saturated carbocycles. The van der Waals surface area contributed by atoms with Crippen molar-refractivity contribution in [2.24, 2.45) is 5.92 Å². The van der Waals surface area contributed by atoms with E-state index in [0.717, 1.165) is 40.8 Å². The van der Waals surface area contributed by atoms with Gasteiger partial charge in [0.15, 0.2) is 5.52 Å². The number of carbonyl (C=O) groups is 1. The fourth-order valence-corrected chi connectivity index (χ4v) is 3.53. The molecule has 0 amide bonds. The molecule has 4 heteroatoms. The Labute approximate surface area is 160 Å². The average molecular weight is 336 g/mol. The van der Waals surface area contributed by atoms with E-state index in [2.05, 4.69) is 13.8 Å². The Balaban J connectivity index is 0.00000288. The minimum Gasteiger partial charge on any atom is -1.00 e. The van der Waals surface area contributed by atoms with Gasteiger partial charge in [0.25, 0.3) is 0 Å². The third-order valence-corrected chi connectivity index (χ3v) is 4.88. The zero-order valence-corrected chi connectivity index (χ0v) is 16.3. The summed E-state index contributed by atoms with van der Waals surface area (Å²) in [6.45, 7) is 9.10. The molecule has 0 saturated heterocycles. The molecule has 0 spiro atoms. The Morgan fingerprint density at radius 3 is 2.21 bits per heavy atom. The maximum absolute atomic E-state index is 12.6. The summed E-state index contributed by atoms with van der Waals surface area (Å²) < 4.78 is 5.72. The third-order valence-electron chi connectivity index (χ3n) is 3.78.